The van der Waals surface area contributed by atoms with Crippen LogP contribution in [0.25, 0.3) is 0 Å². The van der Waals surface area contributed by atoms with Gasteiger partial charge in [0.2, 0.25) is 20.0 Å². The molecule has 0 fully saturated rings. The van der Waals surface area contributed by atoms with Crippen LogP contribution < -0.4 is 4.72 Å². The van der Waals surface area contributed by atoms with Gasteiger partial charge in [0.1, 0.15) is 0 Å². The Labute approximate surface area is 166 Å². The molecule has 2 aromatic rings. The van der Waals surface area contributed by atoms with E-state index in [9.17, 15) is 16.8 Å². The molecule has 0 unspecified atom stereocenters. The summed E-state index contributed by atoms with van der Waals surface area (Å²) in [5.41, 5.74) is 1.01. The van der Waals surface area contributed by atoms with E-state index in [0.29, 0.717) is 24.2 Å². The lowest BCUT2D eigenvalue weighted by atomic mass is 10.1. The summed E-state index contributed by atoms with van der Waals surface area (Å²) in [7, 11) is -7.34. The highest BCUT2D eigenvalue weighted by atomic mass is 32.2. The molecular weight excluding hydrogens is 398 g/mol. The van der Waals surface area contributed by atoms with Gasteiger partial charge in [0.05, 0.1) is 21.4 Å². The zero-order valence-electron chi connectivity index (χ0n) is 16.0. The second-order valence-corrected chi connectivity index (χ2v) is 9.79. The van der Waals surface area contributed by atoms with E-state index in [0.717, 1.165) is 0 Å². The molecule has 0 heterocycles. The van der Waals surface area contributed by atoms with Crippen LogP contribution >= 0.6 is 0 Å². The van der Waals surface area contributed by atoms with Crippen LogP contribution in [0.2, 0.25) is 0 Å². The fraction of sp³-hybridized carbons (Fsp3) is 0.316. The molecule has 0 aliphatic heterocycles. The van der Waals surface area contributed by atoms with E-state index in [1.165, 1.54) is 40.7 Å². The van der Waals surface area contributed by atoms with E-state index >= 15 is 0 Å². The minimum atomic E-state index is -3.78. The van der Waals surface area contributed by atoms with Gasteiger partial charge < -0.3 is 0 Å². The summed E-state index contributed by atoms with van der Waals surface area (Å²) >= 11 is 0. The topological polar surface area (TPSA) is 107 Å². The van der Waals surface area contributed by atoms with Gasteiger partial charge in [-0.05, 0) is 48.9 Å². The number of benzene rings is 2. The summed E-state index contributed by atoms with van der Waals surface area (Å²) in [6.45, 7) is 5.97. The lowest BCUT2D eigenvalue weighted by Crippen LogP contribution is -2.30. The smallest absolute Gasteiger partial charge is 0.207 e. The van der Waals surface area contributed by atoms with E-state index in [1.807, 2.05) is 6.07 Å². The van der Waals surface area contributed by atoms with Gasteiger partial charge in [-0.25, -0.2) is 21.6 Å². The molecule has 28 heavy (non-hydrogen) atoms. The monoisotopic (exact) mass is 421 g/mol. The van der Waals surface area contributed by atoms with Crippen LogP contribution in [0.5, 0.6) is 0 Å². The highest BCUT2D eigenvalue weighted by Gasteiger charge is 2.22. The Morgan fingerprint density at radius 1 is 0.929 bits per heavy atom. The molecule has 0 aliphatic carbocycles. The maximum absolute atomic E-state index is 12.5. The summed E-state index contributed by atoms with van der Waals surface area (Å²) in [6.07, 6.45) is 0. The van der Waals surface area contributed by atoms with Crippen LogP contribution in [-0.2, 0) is 20.0 Å². The number of rotatable bonds is 8. The molecule has 0 bridgehead atoms. The van der Waals surface area contributed by atoms with Gasteiger partial charge in [-0.1, -0.05) is 26.0 Å². The van der Waals surface area contributed by atoms with Crippen molar-refractivity contribution < 1.29 is 16.8 Å². The molecule has 150 valence electrons. The Hall–Kier alpha value is -2.25. The highest BCUT2D eigenvalue weighted by Crippen LogP contribution is 2.21. The van der Waals surface area contributed by atoms with Gasteiger partial charge in [-0.3, -0.25) is 0 Å². The molecule has 9 heteroatoms. The minimum absolute atomic E-state index is 0.0547. The zero-order chi connectivity index (χ0) is 20.9. The Morgan fingerprint density at radius 2 is 1.43 bits per heavy atom. The predicted molar refractivity (Wildman–Crippen MR) is 106 cm³/mol. The third kappa shape index (κ3) is 4.77. The van der Waals surface area contributed by atoms with Crippen molar-refractivity contribution in [3.63, 3.8) is 0 Å². The first-order valence-electron chi connectivity index (χ1n) is 8.78. The number of hydrogen-bond acceptors (Lipinski definition) is 5. The average molecular weight is 422 g/mol. The van der Waals surface area contributed by atoms with Gasteiger partial charge in [-0.2, -0.15) is 9.57 Å². The third-order valence-electron chi connectivity index (χ3n) is 4.35. The fourth-order valence-corrected chi connectivity index (χ4v) is 5.41. The molecule has 0 radical (unpaired) electrons. The number of nitriles is 1. The van der Waals surface area contributed by atoms with Crippen molar-refractivity contribution in [2.24, 2.45) is 0 Å². The molecule has 0 amide bonds. The van der Waals surface area contributed by atoms with Crippen molar-refractivity contribution in [2.75, 3.05) is 13.1 Å². The summed E-state index contributed by atoms with van der Waals surface area (Å²) in [4.78, 5) is 0.223. The van der Waals surface area contributed by atoms with Crippen molar-refractivity contribution in [3.8, 4) is 6.07 Å². The predicted octanol–water partition coefficient (Wildman–Crippen LogP) is 2.63. The van der Waals surface area contributed by atoms with Gasteiger partial charge in [0.15, 0.2) is 0 Å². The van der Waals surface area contributed by atoms with Gasteiger partial charge in [-0.15, -0.1) is 0 Å². The lowest BCUT2D eigenvalue weighted by Gasteiger charge is -2.19. The van der Waals surface area contributed by atoms with Crippen LogP contribution in [-0.4, -0.2) is 34.2 Å². The highest BCUT2D eigenvalue weighted by molar-refractivity contribution is 7.89. The molecule has 2 rings (SSSR count). The van der Waals surface area contributed by atoms with E-state index in [1.54, 1.807) is 32.9 Å². The molecule has 1 N–H and O–H groups in total. The summed E-state index contributed by atoms with van der Waals surface area (Å²) in [5, 5.41) is 8.81. The lowest BCUT2D eigenvalue weighted by molar-refractivity contribution is 0.445. The third-order valence-corrected chi connectivity index (χ3v) is 7.97. The molecule has 2 aromatic carbocycles. The second-order valence-electron chi connectivity index (χ2n) is 6.14. The quantitative estimate of drug-likeness (QED) is 0.705. The van der Waals surface area contributed by atoms with E-state index in [4.69, 9.17) is 5.26 Å². The molecule has 0 spiro atoms. The van der Waals surface area contributed by atoms with Crippen LogP contribution in [0, 0.1) is 11.3 Å². The van der Waals surface area contributed by atoms with Crippen molar-refractivity contribution in [1.29, 1.82) is 5.26 Å². The van der Waals surface area contributed by atoms with E-state index < -0.39 is 26.1 Å². The summed E-state index contributed by atoms with van der Waals surface area (Å²) in [5.74, 6) is 0. The first-order chi connectivity index (χ1) is 13.2. The number of nitrogens with zero attached hydrogens (tertiary/aromatic N) is 2. The van der Waals surface area contributed by atoms with Crippen molar-refractivity contribution >= 4 is 20.0 Å². The van der Waals surface area contributed by atoms with E-state index in [2.05, 4.69) is 4.72 Å². The summed E-state index contributed by atoms with van der Waals surface area (Å²) < 4.78 is 54.0. The van der Waals surface area contributed by atoms with Crippen molar-refractivity contribution in [3.05, 3.63) is 59.7 Å². The normalized spacial score (nSPS) is 13.2. The second kappa shape index (κ2) is 8.84. The Kier molecular flexibility index (Phi) is 6.96. The van der Waals surface area contributed by atoms with Crippen LogP contribution in [0.15, 0.2) is 58.3 Å². The van der Waals surface area contributed by atoms with E-state index in [-0.39, 0.29) is 9.79 Å². The van der Waals surface area contributed by atoms with Gasteiger partial charge in [0.25, 0.3) is 0 Å². The Morgan fingerprint density at radius 3 is 1.89 bits per heavy atom. The number of hydrogen-bond donors (Lipinski definition) is 1. The Balaban J connectivity index is 2.20. The van der Waals surface area contributed by atoms with Crippen LogP contribution in [0.1, 0.15) is 37.9 Å². The average Bonchev–Trinajstić information content (AvgIpc) is 2.68. The number of nitrogens with one attached hydrogen (secondary N) is 1. The Bertz CT molecular complexity index is 1050. The molecule has 0 saturated heterocycles. The maximum Gasteiger partial charge on any atom is 0.243 e. The fourth-order valence-electron chi connectivity index (χ4n) is 2.72. The van der Waals surface area contributed by atoms with Gasteiger partial charge in [0, 0.05) is 19.1 Å². The molecule has 0 saturated carbocycles. The van der Waals surface area contributed by atoms with Crippen LogP contribution in [0.4, 0.5) is 0 Å². The number of sulfonamides is 2. The molecule has 1 atom stereocenters. The van der Waals surface area contributed by atoms with Gasteiger partial charge >= 0.3 is 0 Å². The first kappa shape index (κ1) is 22.0. The van der Waals surface area contributed by atoms with Crippen molar-refractivity contribution in [2.45, 2.75) is 36.6 Å². The minimum Gasteiger partial charge on any atom is -0.207 e. The maximum atomic E-state index is 12.5. The standard InChI is InChI=1S/C19H23N3O4S2/c1-4-22(5-2)28(25,26)19-12-8-17(9-13-19)15(3)21-27(23,24)18-10-6-16(14-20)7-11-18/h6-13,15,21H,4-5H2,1-3H3/t15-/m0/s1. The molecule has 7 nitrogen and oxygen atoms in total. The largest absolute Gasteiger partial charge is 0.243 e. The van der Waals surface area contributed by atoms with Crippen LogP contribution in [0.3, 0.4) is 0 Å². The SMILES string of the molecule is CCN(CC)S(=O)(=O)c1ccc([C@H](C)NS(=O)(=O)c2ccc(C#N)cc2)cc1. The molecular formula is C19H23N3O4S2. The summed E-state index contributed by atoms with van der Waals surface area (Å²) in [6, 6.07) is 13.1. The van der Waals surface area contributed by atoms with Crippen molar-refractivity contribution in [1.82, 2.24) is 9.03 Å². The first-order valence-corrected chi connectivity index (χ1v) is 11.7. The zero-order valence-corrected chi connectivity index (χ0v) is 17.6. The molecule has 0 aromatic heterocycles. The molecule has 0 aliphatic rings.